The second-order valence-corrected chi connectivity index (χ2v) is 9.12. The molecule has 0 spiro atoms. The van der Waals surface area contributed by atoms with Crippen LogP contribution in [0.3, 0.4) is 0 Å². The zero-order valence-electron chi connectivity index (χ0n) is 21.6. The molecule has 3 aromatic rings. The van der Waals surface area contributed by atoms with Crippen molar-refractivity contribution in [3.63, 3.8) is 0 Å². The first-order valence-corrected chi connectivity index (χ1v) is 12.8. The summed E-state index contributed by atoms with van der Waals surface area (Å²) < 4.78 is 17.0. The molecule has 0 aliphatic carbocycles. The van der Waals surface area contributed by atoms with Gasteiger partial charge in [0.2, 0.25) is 5.88 Å². The molecule has 39 heavy (non-hydrogen) atoms. The fourth-order valence-electron chi connectivity index (χ4n) is 4.46. The van der Waals surface area contributed by atoms with Gasteiger partial charge in [-0.2, -0.15) is 5.26 Å². The SMILES string of the molecule is CCCCCCCOc1ccc(C2C(C#N)=C(N)Oc3cc(OC(=O)c4ccccc4[N+](=O)[O-])ccc32)cc1. The normalized spacial score (nSPS) is 14.1. The summed E-state index contributed by atoms with van der Waals surface area (Å²) in [6, 6.07) is 19.9. The van der Waals surface area contributed by atoms with Crippen LogP contribution in [0.5, 0.6) is 17.2 Å². The van der Waals surface area contributed by atoms with Gasteiger partial charge in [0.25, 0.3) is 5.69 Å². The maximum atomic E-state index is 12.7. The summed E-state index contributed by atoms with van der Waals surface area (Å²) in [6.45, 7) is 2.83. The van der Waals surface area contributed by atoms with Crippen LogP contribution in [0, 0.1) is 21.4 Å². The number of nitrogens with zero attached hydrogens (tertiary/aromatic N) is 2. The Bertz CT molecular complexity index is 1430. The number of nitrogens with two attached hydrogens (primary N) is 1. The summed E-state index contributed by atoms with van der Waals surface area (Å²) in [5, 5.41) is 21.1. The molecule has 2 N–H and O–H groups in total. The number of carbonyl (C=O) groups excluding carboxylic acids is 1. The number of nitriles is 1. The third kappa shape index (κ3) is 6.36. The van der Waals surface area contributed by atoms with Gasteiger partial charge in [0.1, 0.15) is 34.5 Å². The smallest absolute Gasteiger partial charge is 0.350 e. The van der Waals surface area contributed by atoms with Crippen LogP contribution >= 0.6 is 0 Å². The van der Waals surface area contributed by atoms with Gasteiger partial charge >= 0.3 is 5.97 Å². The minimum absolute atomic E-state index is 0.0513. The van der Waals surface area contributed by atoms with Crippen molar-refractivity contribution < 1.29 is 23.9 Å². The van der Waals surface area contributed by atoms with E-state index in [1.165, 1.54) is 49.6 Å². The molecule has 4 rings (SSSR count). The van der Waals surface area contributed by atoms with Gasteiger partial charge in [-0.05, 0) is 36.2 Å². The number of hydrogen-bond donors (Lipinski definition) is 1. The zero-order chi connectivity index (χ0) is 27.8. The molecule has 1 atom stereocenters. The van der Waals surface area contributed by atoms with Crippen molar-refractivity contribution in [2.45, 2.75) is 44.9 Å². The Labute approximate surface area is 226 Å². The number of benzene rings is 3. The van der Waals surface area contributed by atoms with E-state index in [9.17, 15) is 20.2 Å². The first kappa shape index (κ1) is 27.2. The standard InChI is InChI=1S/C30H29N3O6/c1-2-3-4-5-8-17-37-21-13-11-20(12-14-21)28-24-16-15-22(18-27(24)39-29(32)25(28)19-31)38-30(34)23-9-6-7-10-26(23)33(35)36/h6-7,9-16,18,28H,2-5,8,17,32H2,1H3. The molecule has 9 heteroatoms. The zero-order valence-corrected chi connectivity index (χ0v) is 21.6. The average molecular weight is 528 g/mol. The first-order valence-electron chi connectivity index (χ1n) is 12.8. The molecule has 9 nitrogen and oxygen atoms in total. The van der Waals surface area contributed by atoms with Gasteiger partial charge in [-0.1, -0.05) is 62.9 Å². The highest BCUT2D eigenvalue weighted by molar-refractivity contribution is 5.95. The average Bonchev–Trinajstić information content (AvgIpc) is 2.94. The predicted octanol–water partition coefficient (Wildman–Crippen LogP) is 6.38. The van der Waals surface area contributed by atoms with E-state index in [0.717, 1.165) is 24.2 Å². The van der Waals surface area contributed by atoms with E-state index in [4.69, 9.17) is 19.9 Å². The van der Waals surface area contributed by atoms with E-state index < -0.39 is 16.8 Å². The van der Waals surface area contributed by atoms with Crippen molar-refractivity contribution in [2.24, 2.45) is 5.73 Å². The highest BCUT2D eigenvalue weighted by atomic mass is 16.6. The van der Waals surface area contributed by atoms with Crippen molar-refractivity contribution >= 4 is 11.7 Å². The lowest BCUT2D eigenvalue weighted by atomic mass is 9.83. The minimum Gasteiger partial charge on any atom is -0.494 e. The van der Waals surface area contributed by atoms with E-state index in [1.54, 1.807) is 12.1 Å². The summed E-state index contributed by atoms with van der Waals surface area (Å²) in [5.41, 5.74) is 7.32. The molecule has 1 aliphatic rings. The van der Waals surface area contributed by atoms with Crippen LogP contribution in [0.1, 0.15) is 66.4 Å². The van der Waals surface area contributed by atoms with Crippen molar-refractivity contribution in [2.75, 3.05) is 6.61 Å². The summed E-state index contributed by atoms with van der Waals surface area (Å²) in [4.78, 5) is 23.3. The van der Waals surface area contributed by atoms with Crippen LogP contribution < -0.4 is 19.9 Å². The highest BCUT2D eigenvalue weighted by Gasteiger charge is 2.31. The maximum Gasteiger partial charge on any atom is 0.350 e. The number of nitro groups is 1. The van der Waals surface area contributed by atoms with Crippen molar-refractivity contribution in [3.05, 3.63) is 105 Å². The number of allylic oxidation sites excluding steroid dienone is 1. The largest absolute Gasteiger partial charge is 0.494 e. The van der Waals surface area contributed by atoms with E-state index in [0.29, 0.717) is 17.9 Å². The Morgan fingerprint density at radius 3 is 2.49 bits per heavy atom. The number of rotatable bonds is 11. The van der Waals surface area contributed by atoms with Crippen molar-refractivity contribution in [1.82, 2.24) is 0 Å². The van der Waals surface area contributed by atoms with Gasteiger partial charge < -0.3 is 19.9 Å². The van der Waals surface area contributed by atoms with Gasteiger partial charge in [-0.3, -0.25) is 10.1 Å². The van der Waals surface area contributed by atoms with Crippen LogP contribution in [0.25, 0.3) is 0 Å². The molecule has 1 heterocycles. The van der Waals surface area contributed by atoms with Gasteiger partial charge in [-0.15, -0.1) is 0 Å². The molecule has 3 aromatic carbocycles. The number of hydrogen-bond acceptors (Lipinski definition) is 8. The third-order valence-corrected chi connectivity index (χ3v) is 6.45. The molecule has 0 bridgehead atoms. The molecule has 200 valence electrons. The molecule has 0 saturated carbocycles. The van der Waals surface area contributed by atoms with Crippen LogP contribution in [-0.2, 0) is 0 Å². The number of fused-ring (bicyclic) bond motifs is 1. The summed E-state index contributed by atoms with van der Waals surface area (Å²) >= 11 is 0. The van der Waals surface area contributed by atoms with E-state index in [-0.39, 0.29) is 28.5 Å². The van der Waals surface area contributed by atoms with E-state index in [1.807, 2.05) is 24.3 Å². The number of para-hydroxylation sites is 1. The summed E-state index contributed by atoms with van der Waals surface area (Å²) in [5.74, 6) is -0.249. The number of carbonyl (C=O) groups is 1. The predicted molar refractivity (Wildman–Crippen MR) is 144 cm³/mol. The number of esters is 1. The van der Waals surface area contributed by atoms with Crippen LogP contribution in [0.15, 0.2) is 78.2 Å². The minimum atomic E-state index is -0.878. The van der Waals surface area contributed by atoms with E-state index in [2.05, 4.69) is 13.0 Å². The molecule has 1 unspecified atom stereocenters. The lowest BCUT2D eigenvalue weighted by Gasteiger charge is -2.26. The van der Waals surface area contributed by atoms with Gasteiger partial charge in [0, 0.05) is 17.7 Å². The second kappa shape index (κ2) is 12.6. The lowest BCUT2D eigenvalue weighted by Crippen LogP contribution is -2.21. The van der Waals surface area contributed by atoms with Gasteiger partial charge in [0.15, 0.2) is 0 Å². The molecule has 0 saturated heterocycles. The quantitative estimate of drug-likeness (QED) is 0.0996. The monoisotopic (exact) mass is 527 g/mol. The fraction of sp³-hybridized carbons (Fsp3) is 0.267. The summed E-state index contributed by atoms with van der Waals surface area (Å²) in [7, 11) is 0. The molecular weight excluding hydrogens is 498 g/mol. The Morgan fingerprint density at radius 1 is 1.05 bits per heavy atom. The number of nitro benzene ring substituents is 1. The summed E-state index contributed by atoms with van der Waals surface area (Å²) in [6.07, 6.45) is 5.78. The van der Waals surface area contributed by atoms with Gasteiger partial charge in [0.05, 0.1) is 17.4 Å². The van der Waals surface area contributed by atoms with Crippen LogP contribution in [-0.4, -0.2) is 17.5 Å². The fourth-order valence-corrected chi connectivity index (χ4v) is 4.46. The van der Waals surface area contributed by atoms with E-state index >= 15 is 0 Å². The molecule has 0 aromatic heterocycles. The Balaban J connectivity index is 1.53. The Morgan fingerprint density at radius 2 is 1.77 bits per heavy atom. The third-order valence-electron chi connectivity index (χ3n) is 6.45. The van der Waals surface area contributed by atoms with Gasteiger partial charge in [-0.25, -0.2) is 4.79 Å². The Kier molecular flexibility index (Phi) is 8.79. The first-order chi connectivity index (χ1) is 18.9. The number of unbranched alkanes of at least 4 members (excludes halogenated alkanes) is 4. The molecule has 1 aliphatic heterocycles. The van der Waals surface area contributed by atoms with Crippen molar-refractivity contribution in [1.29, 1.82) is 5.26 Å². The molecule has 0 radical (unpaired) electrons. The van der Waals surface area contributed by atoms with Crippen LogP contribution in [0.4, 0.5) is 5.69 Å². The molecule has 0 amide bonds. The molecule has 0 fully saturated rings. The highest BCUT2D eigenvalue weighted by Crippen LogP contribution is 2.43. The van der Waals surface area contributed by atoms with Crippen molar-refractivity contribution in [3.8, 4) is 23.3 Å². The van der Waals surface area contributed by atoms with Crippen LogP contribution in [0.2, 0.25) is 0 Å². The molecular formula is C30H29N3O6. The second-order valence-electron chi connectivity index (χ2n) is 9.12. The Hall–Kier alpha value is -4.84. The number of ether oxygens (including phenoxy) is 3. The topological polar surface area (TPSA) is 138 Å². The lowest BCUT2D eigenvalue weighted by molar-refractivity contribution is -0.385. The maximum absolute atomic E-state index is 12.7.